The van der Waals surface area contributed by atoms with Crippen LogP contribution in [0.2, 0.25) is 5.02 Å². The van der Waals surface area contributed by atoms with Gasteiger partial charge in [0.1, 0.15) is 19.0 Å². The number of halogens is 1. The Labute approximate surface area is 167 Å². The van der Waals surface area contributed by atoms with Crippen molar-refractivity contribution in [3.05, 3.63) is 47.0 Å². The predicted octanol–water partition coefficient (Wildman–Crippen LogP) is 3.23. The second kappa shape index (κ2) is 9.32. The number of ether oxygens (including phenoxy) is 4. The quantitative estimate of drug-likeness (QED) is 0.712. The second-order valence-electron chi connectivity index (χ2n) is 5.95. The second-order valence-corrected chi connectivity index (χ2v) is 6.36. The van der Waals surface area contributed by atoms with Crippen LogP contribution >= 0.6 is 11.6 Å². The molecule has 3 rings (SSSR count). The SMILES string of the molecule is CCOC(=O)COc1cccc(NC(=O)Cc2cc(Cl)c3c(c2)OCCO3)c1. The normalized spacial score (nSPS) is 12.2. The third-order valence-corrected chi connectivity index (χ3v) is 4.08. The zero-order valence-corrected chi connectivity index (χ0v) is 16.1. The lowest BCUT2D eigenvalue weighted by atomic mass is 10.1. The standard InChI is InChI=1S/C20H20ClNO6/c1-2-25-19(24)12-28-15-5-3-4-14(11-15)22-18(23)10-13-8-16(21)20-17(9-13)26-6-7-27-20/h3-5,8-9,11H,2,6-7,10,12H2,1H3,(H,22,23). The summed E-state index contributed by atoms with van der Waals surface area (Å²) >= 11 is 6.20. The van der Waals surface area contributed by atoms with E-state index in [2.05, 4.69) is 5.32 Å². The molecule has 0 saturated carbocycles. The van der Waals surface area contributed by atoms with E-state index in [1.165, 1.54) is 0 Å². The Morgan fingerprint density at radius 2 is 2.00 bits per heavy atom. The number of carbonyl (C=O) groups excluding carboxylic acids is 2. The fourth-order valence-electron chi connectivity index (χ4n) is 2.67. The number of rotatable bonds is 7. The monoisotopic (exact) mass is 405 g/mol. The first-order valence-electron chi connectivity index (χ1n) is 8.81. The molecule has 1 aliphatic heterocycles. The van der Waals surface area contributed by atoms with Crippen molar-refractivity contribution >= 4 is 29.2 Å². The summed E-state index contributed by atoms with van der Waals surface area (Å²) in [5.41, 5.74) is 1.26. The van der Waals surface area contributed by atoms with Crippen molar-refractivity contribution in [3.8, 4) is 17.2 Å². The van der Waals surface area contributed by atoms with Crippen molar-refractivity contribution in [2.75, 3.05) is 31.7 Å². The van der Waals surface area contributed by atoms with E-state index in [0.29, 0.717) is 53.3 Å². The van der Waals surface area contributed by atoms with E-state index in [4.69, 9.17) is 30.5 Å². The Hall–Kier alpha value is -2.93. The fraction of sp³-hybridized carbons (Fsp3) is 0.300. The van der Waals surface area contributed by atoms with Crippen LogP contribution in [0.15, 0.2) is 36.4 Å². The van der Waals surface area contributed by atoms with Crippen molar-refractivity contribution < 1.29 is 28.5 Å². The largest absolute Gasteiger partial charge is 0.486 e. The summed E-state index contributed by atoms with van der Waals surface area (Å²) in [6.07, 6.45) is 0.115. The van der Waals surface area contributed by atoms with Crippen molar-refractivity contribution in [1.82, 2.24) is 0 Å². The molecule has 0 bridgehead atoms. The zero-order valence-electron chi connectivity index (χ0n) is 15.3. The molecule has 8 heteroatoms. The molecule has 7 nitrogen and oxygen atoms in total. The van der Waals surface area contributed by atoms with Gasteiger partial charge in [0.2, 0.25) is 5.91 Å². The van der Waals surface area contributed by atoms with E-state index in [0.717, 1.165) is 0 Å². The first kappa shape index (κ1) is 19.8. The Morgan fingerprint density at radius 3 is 2.82 bits per heavy atom. The van der Waals surface area contributed by atoms with E-state index in [1.807, 2.05) is 0 Å². The topological polar surface area (TPSA) is 83.1 Å². The molecule has 0 spiro atoms. The summed E-state index contributed by atoms with van der Waals surface area (Å²) in [6.45, 7) is 2.71. The van der Waals surface area contributed by atoms with Gasteiger partial charge in [-0.25, -0.2) is 4.79 Å². The third-order valence-electron chi connectivity index (χ3n) is 3.80. The van der Waals surface area contributed by atoms with Crippen LogP contribution in [0.25, 0.3) is 0 Å². The van der Waals surface area contributed by atoms with Crippen molar-refractivity contribution in [2.24, 2.45) is 0 Å². The molecule has 1 N–H and O–H groups in total. The summed E-state index contributed by atoms with van der Waals surface area (Å²) in [7, 11) is 0. The lowest BCUT2D eigenvalue weighted by Gasteiger charge is -2.20. The number of carbonyl (C=O) groups is 2. The van der Waals surface area contributed by atoms with Crippen LogP contribution in [0.1, 0.15) is 12.5 Å². The highest BCUT2D eigenvalue weighted by Crippen LogP contribution is 2.38. The average Bonchev–Trinajstić information content (AvgIpc) is 2.67. The lowest BCUT2D eigenvalue weighted by molar-refractivity contribution is -0.145. The molecule has 1 aliphatic rings. The number of esters is 1. The van der Waals surface area contributed by atoms with Gasteiger partial charge in [-0.05, 0) is 36.8 Å². The Bertz CT molecular complexity index is 870. The number of hydrogen-bond acceptors (Lipinski definition) is 6. The first-order chi connectivity index (χ1) is 13.5. The highest BCUT2D eigenvalue weighted by Gasteiger charge is 2.17. The van der Waals surface area contributed by atoms with E-state index in [-0.39, 0.29) is 18.9 Å². The van der Waals surface area contributed by atoms with Gasteiger partial charge in [-0.3, -0.25) is 4.79 Å². The molecule has 0 fully saturated rings. The van der Waals surface area contributed by atoms with Crippen molar-refractivity contribution in [2.45, 2.75) is 13.3 Å². The van der Waals surface area contributed by atoms with Gasteiger partial charge >= 0.3 is 5.97 Å². The minimum atomic E-state index is -0.451. The van der Waals surface area contributed by atoms with Gasteiger partial charge in [-0.2, -0.15) is 0 Å². The van der Waals surface area contributed by atoms with E-state index < -0.39 is 5.97 Å². The van der Waals surface area contributed by atoms with Gasteiger partial charge in [0, 0.05) is 11.8 Å². The average molecular weight is 406 g/mol. The predicted molar refractivity (Wildman–Crippen MR) is 103 cm³/mol. The highest BCUT2D eigenvalue weighted by molar-refractivity contribution is 6.32. The molecule has 0 atom stereocenters. The maximum absolute atomic E-state index is 12.4. The van der Waals surface area contributed by atoms with E-state index >= 15 is 0 Å². The van der Waals surface area contributed by atoms with Crippen LogP contribution in [-0.2, 0) is 20.7 Å². The van der Waals surface area contributed by atoms with Gasteiger partial charge in [-0.1, -0.05) is 17.7 Å². The molecular formula is C20H20ClNO6. The molecule has 0 radical (unpaired) electrons. The fourth-order valence-corrected chi connectivity index (χ4v) is 2.95. The molecule has 1 heterocycles. The maximum Gasteiger partial charge on any atom is 0.344 e. The molecule has 0 unspecified atom stereocenters. The summed E-state index contributed by atoms with van der Waals surface area (Å²) in [4.78, 5) is 23.7. The summed E-state index contributed by atoms with van der Waals surface area (Å²) in [5.74, 6) is 0.815. The number of hydrogen-bond donors (Lipinski definition) is 1. The summed E-state index contributed by atoms with van der Waals surface area (Å²) in [6, 6.07) is 10.2. The van der Waals surface area contributed by atoms with Gasteiger partial charge in [0.25, 0.3) is 0 Å². The van der Waals surface area contributed by atoms with E-state index in [9.17, 15) is 9.59 Å². The van der Waals surface area contributed by atoms with Crippen molar-refractivity contribution in [1.29, 1.82) is 0 Å². The lowest BCUT2D eigenvalue weighted by Crippen LogP contribution is -2.17. The van der Waals surface area contributed by atoms with Gasteiger partial charge in [0.15, 0.2) is 18.1 Å². The van der Waals surface area contributed by atoms with Crippen LogP contribution in [0.5, 0.6) is 17.2 Å². The van der Waals surface area contributed by atoms with Gasteiger partial charge < -0.3 is 24.3 Å². The number of nitrogens with one attached hydrogen (secondary N) is 1. The number of benzene rings is 2. The summed E-state index contributed by atoms with van der Waals surface area (Å²) < 4.78 is 21.2. The molecule has 148 valence electrons. The first-order valence-corrected chi connectivity index (χ1v) is 9.19. The van der Waals surface area contributed by atoms with Crippen LogP contribution in [0, 0.1) is 0 Å². The maximum atomic E-state index is 12.4. The van der Waals surface area contributed by atoms with Crippen molar-refractivity contribution in [3.63, 3.8) is 0 Å². The third kappa shape index (κ3) is 5.29. The molecule has 28 heavy (non-hydrogen) atoms. The van der Waals surface area contributed by atoms with Crippen LogP contribution in [0.4, 0.5) is 5.69 Å². The van der Waals surface area contributed by atoms with Crippen LogP contribution in [-0.4, -0.2) is 38.3 Å². The number of amides is 1. The van der Waals surface area contributed by atoms with E-state index in [1.54, 1.807) is 43.3 Å². The Morgan fingerprint density at radius 1 is 1.18 bits per heavy atom. The Kier molecular flexibility index (Phi) is 6.60. The molecular weight excluding hydrogens is 386 g/mol. The molecule has 0 saturated heterocycles. The minimum absolute atomic E-state index is 0.115. The molecule has 2 aromatic rings. The molecule has 0 aliphatic carbocycles. The molecule has 1 amide bonds. The number of anilines is 1. The summed E-state index contributed by atoms with van der Waals surface area (Å²) in [5, 5.41) is 3.20. The van der Waals surface area contributed by atoms with Crippen LogP contribution < -0.4 is 19.5 Å². The zero-order chi connectivity index (χ0) is 19.9. The molecule has 0 aromatic heterocycles. The molecule has 2 aromatic carbocycles. The smallest absolute Gasteiger partial charge is 0.344 e. The number of fused-ring (bicyclic) bond motifs is 1. The van der Waals surface area contributed by atoms with Crippen LogP contribution in [0.3, 0.4) is 0 Å². The van der Waals surface area contributed by atoms with Gasteiger partial charge in [0.05, 0.1) is 18.1 Å². The highest BCUT2D eigenvalue weighted by atomic mass is 35.5. The minimum Gasteiger partial charge on any atom is -0.486 e. The van der Waals surface area contributed by atoms with Gasteiger partial charge in [-0.15, -0.1) is 0 Å². The Balaban J connectivity index is 1.60.